The van der Waals surface area contributed by atoms with Crippen LogP contribution in [0.15, 0.2) is 23.8 Å². The SMILES string of the molecule is CC(C)n1cc(C(O)Cc2sccc2Cl)cn1. The van der Waals surface area contributed by atoms with Gasteiger partial charge >= 0.3 is 0 Å². The van der Waals surface area contributed by atoms with Crippen LogP contribution in [0.1, 0.15) is 36.4 Å². The van der Waals surface area contributed by atoms with E-state index in [2.05, 4.69) is 18.9 Å². The van der Waals surface area contributed by atoms with Crippen LogP contribution in [0.25, 0.3) is 0 Å². The lowest BCUT2D eigenvalue weighted by molar-refractivity contribution is 0.179. The molecule has 3 nitrogen and oxygen atoms in total. The number of nitrogens with zero attached hydrogens (tertiary/aromatic N) is 2. The standard InChI is InChI=1S/C12H15ClN2OS/c1-8(2)15-7-9(6-14-15)11(16)5-12-10(13)3-4-17-12/h3-4,6-8,11,16H,5H2,1-2H3. The van der Waals surface area contributed by atoms with Crippen molar-refractivity contribution in [2.75, 3.05) is 0 Å². The predicted molar refractivity (Wildman–Crippen MR) is 70.6 cm³/mol. The molecular weight excluding hydrogens is 256 g/mol. The van der Waals surface area contributed by atoms with Gasteiger partial charge in [0.2, 0.25) is 0 Å². The van der Waals surface area contributed by atoms with Crippen LogP contribution in [-0.4, -0.2) is 14.9 Å². The summed E-state index contributed by atoms with van der Waals surface area (Å²) in [6.07, 6.45) is 3.60. The monoisotopic (exact) mass is 270 g/mol. The van der Waals surface area contributed by atoms with Crippen LogP contribution in [0, 0.1) is 0 Å². The predicted octanol–water partition coefficient (Wildman–Crippen LogP) is 3.46. The Hall–Kier alpha value is -0.840. The topological polar surface area (TPSA) is 38.0 Å². The molecule has 0 aliphatic heterocycles. The van der Waals surface area contributed by atoms with E-state index in [0.29, 0.717) is 12.5 Å². The average molecular weight is 271 g/mol. The first-order valence-corrected chi connectivity index (χ1v) is 6.77. The average Bonchev–Trinajstić information content (AvgIpc) is 2.88. The number of rotatable bonds is 4. The highest BCUT2D eigenvalue weighted by atomic mass is 35.5. The third kappa shape index (κ3) is 2.89. The van der Waals surface area contributed by atoms with E-state index in [1.54, 1.807) is 17.5 Å². The van der Waals surface area contributed by atoms with Crippen LogP contribution in [0.3, 0.4) is 0 Å². The summed E-state index contributed by atoms with van der Waals surface area (Å²) in [7, 11) is 0. The molecule has 0 saturated heterocycles. The van der Waals surface area contributed by atoms with Crippen molar-refractivity contribution in [1.82, 2.24) is 9.78 Å². The molecule has 0 spiro atoms. The van der Waals surface area contributed by atoms with Crippen LogP contribution < -0.4 is 0 Å². The van der Waals surface area contributed by atoms with Crippen molar-refractivity contribution in [3.8, 4) is 0 Å². The Balaban J connectivity index is 2.09. The van der Waals surface area contributed by atoms with Gasteiger partial charge < -0.3 is 5.11 Å². The molecule has 0 aliphatic rings. The van der Waals surface area contributed by atoms with Gasteiger partial charge in [-0.05, 0) is 25.3 Å². The van der Waals surface area contributed by atoms with Gasteiger partial charge in [-0.1, -0.05) is 11.6 Å². The summed E-state index contributed by atoms with van der Waals surface area (Å²) < 4.78 is 1.84. The smallest absolute Gasteiger partial charge is 0.0869 e. The molecule has 1 unspecified atom stereocenters. The number of thiophene rings is 1. The van der Waals surface area contributed by atoms with Gasteiger partial charge in [-0.25, -0.2) is 0 Å². The molecule has 0 fully saturated rings. The molecule has 2 aromatic heterocycles. The fourth-order valence-corrected chi connectivity index (χ4v) is 2.72. The minimum atomic E-state index is -0.543. The van der Waals surface area contributed by atoms with Gasteiger partial charge in [0, 0.05) is 29.1 Å². The van der Waals surface area contributed by atoms with E-state index in [4.69, 9.17) is 11.6 Å². The highest BCUT2D eigenvalue weighted by molar-refractivity contribution is 7.10. The first-order valence-electron chi connectivity index (χ1n) is 5.52. The van der Waals surface area contributed by atoms with Crippen LogP contribution in [0.4, 0.5) is 0 Å². The molecule has 0 saturated carbocycles. The van der Waals surface area contributed by atoms with Crippen LogP contribution in [0.5, 0.6) is 0 Å². The highest BCUT2D eigenvalue weighted by Crippen LogP contribution is 2.27. The molecule has 2 heterocycles. The summed E-state index contributed by atoms with van der Waals surface area (Å²) in [5.41, 5.74) is 0.836. The lowest BCUT2D eigenvalue weighted by Gasteiger charge is -2.07. The molecule has 1 atom stereocenters. The quantitative estimate of drug-likeness (QED) is 0.924. The maximum atomic E-state index is 10.1. The minimum absolute atomic E-state index is 0.307. The van der Waals surface area contributed by atoms with Gasteiger partial charge in [0.15, 0.2) is 0 Å². The Bertz CT molecular complexity index is 492. The Kier molecular flexibility index (Phi) is 3.86. The largest absolute Gasteiger partial charge is 0.388 e. The molecule has 0 aliphatic carbocycles. The lowest BCUT2D eigenvalue weighted by Crippen LogP contribution is -2.02. The molecule has 92 valence electrons. The van der Waals surface area contributed by atoms with Crippen molar-refractivity contribution >= 4 is 22.9 Å². The molecule has 2 rings (SSSR count). The van der Waals surface area contributed by atoms with Crippen LogP contribution >= 0.6 is 22.9 Å². The van der Waals surface area contributed by atoms with Crippen molar-refractivity contribution in [2.24, 2.45) is 0 Å². The van der Waals surface area contributed by atoms with Gasteiger partial charge in [-0.2, -0.15) is 5.10 Å². The lowest BCUT2D eigenvalue weighted by atomic mass is 10.1. The fraction of sp³-hybridized carbons (Fsp3) is 0.417. The van der Waals surface area contributed by atoms with E-state index in [1.165, 1.54) is 0 Å². The second-order valence-electron chi connectivity index (χ2n) is 4.26. The van der Waals surface area contributed by atoms with Crippen LogP contribution in [0.2, 0.25) is 5.02 Å². The maximum Gasteiger partial charge on any atom is 0.0869 e. The summed E-state index contributed by atoms with van der Waals surface area (Å²) in [5, 5.41) is 17.0. The van der Waals surface area contributed by atoms with E-state index in [0.717, 1.165) is 15.5 Å². The van der Waals surface area contributed by atoms with Crippen molar-refractivity contribution in [3.05, 3.63) is 39.3 Å². The zero-order valence-corrected chi connectivity index (χ0v) is 11.4. The van der Waals surface area contributed by atoms with E-state index < -0.39 is 6.10 Å². The zero-order chi connectivity index (χ0) is 12.4. The normalized spacial score (nSPS) is 13.2. The molecular formula is C12H15ClN2OS. The third-order valence-electron chi connectivity index (χ3n) is 2.61. The Morgan fingerprint density at radius 3 is 2.82 bits per heavy atom. The van der Waals surface area contributed by atoms with Crippen molar-refractivity contribution in [2.45, 2.75) is 32.4 Å². The second-order valence-corrected chi connectivity index (χ2v) is 5.67. The summed E-state index contributed by atoms with van der Waals surface area (Å²) in [4.78, 5) is 1.01. The number of hydrogen-bond donors (Lipinski definition) is 1. The number of aromatic nitrogens is 2. The van der Waals surface area contributed by atoms with E-state index in [9.17, 15) is 5.11 Å². The maximum absolute atomic E-state index is 10.1. The first-order chi connectivity index (χ1) is 8.08. The number of hydrogen-bond acceptors (Lipinski definition) is 3. The summed E-state index contributed by atoms with van der Waals surface area (Å²) in [6.45, 7) is 4.11. The number of halogens is 1. The van der Waals surface area contributed by atoms with Gasteiger partial charge in [0.1, 0.15) is 0 Å². The summed E-state index contributed by atoms with van der Waals surface area (Å²) >= 11 is 7.57. The molecule has 0 bridgehead atoms. The van der Waals surface area contributed by atoms with Gasteiger partial charge in [-0.15, -0.1) is 11.3 Å². The third-order valence-corrected chi connectivity index (χ3v) is 4.01. The van der Waals surface area contributed by atoms with Crippen LogP contribution in [-0.2, 0) is 6.42 Å². The van der Waals surface area contributed by atoms with Gasteiger partial charge in [0.05, 0.1) is 17.3 Å². The molecule has 17 heavy (non-hydrogen) atoms. The molecule has 2 aromatic rings. The Morgan fingerprint density at radius 1 is 1.53 bits per heavy atom. The molecule has 0 amide bonds. The van der Waals surface area contributed by atoms with Crippen molar-refractivity contribution < 1.29 is 5.11 Å². The van der Waals surface area contributed by atoms with E-state index in [-0.39, 0.29) is 0 Å². The zero-order valence-electron chi connectivity index (χ0n) is 9.80. The molecule has 0 aromatic carbocycles. The second kappa shape index (κ2) is 5.21. The summed E-state index contributed by atoms with van der Waals surface area (Å²) in [5.74, 6) is 0. The Morgan fingerprint density at radius 2 is 2.29 bits per heavy atom. The first kappa shape index (κ1) is 12.6. The molecule has 5 heteroatoms. The summed E-state index contributed by atoms with van der Waals surface area (Å²) in [6, 6.07) is 2.16. The minimum Gasteiger partial charge on any atom is -0.388 e. The highest BCUT2D eigenvalue weighted by Gasteiger charge is 2.14. The Labute approximate surface area is 110 Å². The van der Waals surface area contributed by atoms with Crippen molar-refractivity contribution in [3.63, 3.8) is 0 Å². The molecule has 1 N–H and O–H groups in total. The van der Waals surface area contributed by atoms with E-state index >= 15 is 0 Å². The van der Waals surface area contributed by atoms with Crippen molar-refractivity contribution in [1.29, 1.82) is 0 Å². The number of aliphatic hydroxyl groups is 1. The number of aliphatic hydroxyl groups excluding tert-OH is 1. The van der Waals surface area contributed by atoms with Gasteiger partial charge in [0.25, 0.3) is 0 Å². The van der Waals surface area contributed by atoms with Gasteiger partial charge in [-0.3, -0.25) is 4.68 Å². The fourth-order valence-electron chi connectivity index (χ4n) is 1.57. The molecule has 0 radical (unpaired) electrons. The van der Waals surface area contributed by atoms with E-state index in [1.807, 2.05) is 22.3 Å².